The number of carbonyl (C=O) groups excluding carboxylic acids is 1. The summed E-state index contributed by atoms with van der Waals surface area (Å²) in [5.41, 5.74) is 1.95. The Morgan fingerprint density at radius 1 is 1.41 bits per heavy atom. The lowest BCUT2D eigenvalue weighted by molar-refractivity contribution is -0.122. The quantitative estimate of drug-likeness (QED) is 0.904. The van der Waals surface area contributed by atoms with E-state index in [4.69, 9.17) is 9.15 Å². The Kier molecular flexibility index (Phi) is 5.83. The van der Waals surface area contributed by atoms with Crippen LogP contribution < -0.4 is 10.6 Å². The van der Waals surface area contributed by atoms with Crippen LogP contribution in [-0.2, 0) is 16.1 Å². The third-order valence-electron chi connectivity index (χ3n) is 3.82. The van der Waals surface area contributed by atoms with Crippen LogP contribution in [0.1, 0.15) is 17.7 Å². The van der Waals surface area contributed by atoms with E-state index in [1.54, 1.807) is 0 Å². The molecule has 0 radical (unpaired) electrons. The summed E-state index contributed by atoms with van der Waals surface area (Å²) in [6, 6.07) is 8.01. The Morgan fingerprint density at radius 3 is 2.95 bits per heavy atom. The highest BCUT2D eigenvalue weighted by Gasteiger charge is 2.17. The van der Waals surface area contributed by atoms with Gasteiger partial charge in [0.25, 0.3) is 0 Å². The largest absolute Gasteiger partial charge is 0.459 e. The minimum atomic E-state index is 0. The zero-order valence-electron chi connectivity index (χ0n) is 12.6. The van der Waals surface area contributed by atoms with Gasteiger partial charge in [0.2, 0.25) is 5.91 Å². The first-order valence-corrected chi connectivity index (χ1v) is 7.29. The molecular weight excluding hydrogens is 304 g/mol. The van der Waals surface area contributed by atoms with Crippen LogP contribution >= 0.6 is 12.4 Å². The predicted molar refractivity (Wildman–Crippen MR) is 87.3 cm³/mol. The molecule has 6 heteroatoms. The number of rotatable bonds is 4. The molecule has 0 aliphatic carbocycles. The number of hydrogen-bond donors (Lipinski definition) is 2. The zero-order valence-corrected chi connectivity index (χ0v) is 13.4. The van der Waals surface area contributed by atoms with Crippen molar-refractivity contribution < 1.29 is 13.9 Å². The van der Waals surface area contributed by atoms with Gasteiger partial charge in [-0.15, -0.1) is 12.4 Å². The molecule has 0 bridgehead atoms. The average Bonchev–Trinajstić information content (AvgIpc) is 2.83. The molecule has 0 spiro atoms. The number of fused-ring (bicyclic) bond motifs is 1. The van der Waals surface area contributed by atoms with Crippen LogP contribution in [0.2, 0.25) is 0 Å². The second-order valence-corrected chi connectivity index (χ2v) is 5.35. The Balaban J connectivity index is 0.00000176. The second-order valence-electron chi connectivity index (χ2n) is 5.35. The number of nitrogens with one attached hydrogen (secondary N) is 2. The summed E-state index contributed by atoms with van der Waals surface area (Å²) in [5.74, 6) is 0.829. The molecule has 1 aliphatic rings. The van der Waals surface area contributed by atoms with Gasteiger partial charge in [-0.05, 0) is 13.0 Å². The van der Waals surface area contributed by atoms with Crippen molar-refractivity contribution >= 4 is 29.3 Å². The van der Waals surface area contributed by atoms with E-state index >= 15 is 0 Å². The van der Waals surface area contributed by atoms with Crippen molar-refractivity contribution in [2.75, 3.05) is 19.8 Å². The van der Waals surface area contributed by atoms with Crippen LogP contribution in [-0.4, -0.2) is 31.7 Å². The molecule has 1 aliphatic heterocycles. The molecular formula is C16H21ClN2O3. The van der Waals surface area contributed by atoms with Crippen molar-refractivity contribution in [3.05, 3.63) is 35.6 Å². The van der Waals surface area contributed by atoms with Gasteiger partial charge in [-0.25, -0.2) is 0 Å². The highest BCUT2D eigenvalue weighted by Crippen LogP contribution is 2.24. The number of para-hydroxylation sites is 1. The minimum Gasteiger partial charge on any atom is -0.459 e. The van der Waals surface area contributed by atoms with Crippen molar-refractivity contribution in [1.82, 2.24) is 10.6 Å². The monoisotopic (exact) mass is 324 g/mol. The van der Waals surface area contributed by atoms with E-state index in [-0.39, 0.29) is 24.4 Å². The molecule has 2 aromatic rings. The maximum absolute atomic E-state index is 12.0. The Hall–Kier alpha value is -1.56. The Bertz CT molecular complexity index is 635. The van der Waals surface area contributed by atoms with Crippen LogP contribution in [0.25, 0.3) is 11.0 Å². The fraction of sp³-hybridized carbons (Fsp3) is 0.438. The second kappa shape index (κ2) is 7.63. The molecule has 1 aromatic carbocycles. The zero-order chi connectivity index (χ0) is 14.7. The molecule has 5 nitrogen and oxygen atoms in total. The molecule has 120 valence electrons. The maximum atomic E-state index is 12.0. The van der Waals surface area contributed by atoms with E-state index in [0.29, 0.717) is 19.6 Å². The van der Waals surface area contributed by atoms with E-state index in [1.807, 2.05) is 31.2 Å². The minimum absolute atomic E-state index is 0. The van der Waals surface area contributed by atoms with Crippen molar-refractivity contribution in [3.63, 3.8) is 0 Å². The number of furan rings is 1. The SMILES string of the molecule is Cc1c(CNC(=O)CC2COCCN2)oc2ccccc12.Cl. The van der Waals surface area contributed by atoms with Crippen molar-refractivity contribution in [2.24, 2.45) is 0 Å². The first-order valence-electron chi connectivity index (χ1n) is 7.29. The Morgan fingerprint density at radius 2 is 2.23 bits per heavy atom. The standard InChI is InChI=1S/C16H20N2O3.ClH/c1-11-13-4-2-3-5-14(13)21-15(11)9-18-16(19)8-12-10-20-7-6-17-12;/h2-5,12,17H,6-10H2,1H3,(H,18,19);1H. The van der Waals surface area contributed by atoms with Gasteiger partial charge in [-0.2, -0.15) is 0 Å². The summed E-state index contributed by atoms with van der Waals surface area (Å²) in [6.45, 7) is 4.56. The normalized spacial score (nSPS) is 18.0. The number of morpholine rings is 1. The smallest absolute Gasteiger partial charge is 0.222 e. The van der Waals surface area contributed by atoms with Crippen LogP contribution in [0.5, 0.6) is 0 Å². The van der Waals surface area contributed by atoms with Crippen LogP contribution in [0.15, 0.2) is 28.7 Å². The molecule has 1 unspecified atom stereocenters. The lowest BCUT2D eigenvalue weighted by Gasteiger charge is -2.23. The fourth-order valence-corrected chi connectivity index (χ4v) is 2.62. The maximum Gasteiger partial charge on any atom is 0.222 e. The van der Waals surface area contributed by atoms with E-state index in [2.05, 4.69) is 10.6 Å². The molecule has 1 aromatic heterocycles. The third kappa shape index (κ3) is 3.80. The van der Waals surface area contributed by atoms with Gasteiger partial charge in [0, 0.05) is 30.0 Å². The van der Waals surface area contributed by atoms with Gasteiger partial charge < -0.3 is 19.8 Å². The van der Waals surface area contributed by atoms with Crippen molar-refractivity contribution in [1.29, 1.82) is 0 Å². The van der Waals surface area contributed by atoms with E-state index in [9.17, 15) is 4.79 Å². The molecule has 0 saturated carbocycles. The van der Waals surface area contributed by atoms with Crippen molar-refractivity contribution in [3.8, 4) is 0 Å². The van der Waals surface area contributed by atoms with Gasteiger partial charge in [0.1, 0.15) is 11.3 Å². The highest BCUT2D eigenvalue weighted by atomic mass is 35.5. The van der Waals surface area contributed by atoms with Gasteiger partial charge in [0.15, 0.2) is 0 Å². The van der Waals surface area contributed by atoms with Gasteiger partial charge in [0.05, 0.1) is 19.8 Å². The first-order chi connectivity index (χ1) is 10.2. The van der Waals surface area contributed by atoms with Crippen molar-refractivity contribution in [2.45, 2.75) is 25.9 Å². The number of amides is 1. The number of carbonyl (C=O) groups is 1. The van der Waals surface area contributed by atoms with Gasteiger partial charge in [-0.3, -0.25) is 4.79 Å². The van der Waals surface area contributed by atoms with Crippen LogP contribution in [0.3, 0.4) is 0 Å². The Labute approximate surface area is 135 Å². The molecule has 2 N–H and O–H groups in total. The van der Waals surface area contributed by atoms with E-state index in [1.165, 1.54) is 0 Å². The molecule has 1 atom stereocenters. The summed E-state index contributed by atoms with van der Waals surface area (Å²) in [5, 5.41) is 7.29. The summed E-state index contributed by atoms with van der Waals surface area (Å²) < 4.78 is 11.1. The molecule has 1 saturated heterocycles. The molecule has 22 heavy (non-hydrogen) atoms. The number of aryl methyl sites for hydroxylation is 1. The average molecular weight is 325 g/mol. The molecule has 1 amide bonds. The summed E-state index contributed by atoms with van der Waals surface area (Å²) >= 11 is 0. The van der Waals surface area contributed by atoms with Gasteiger partial charge in [-0.1, -0.05) is 18.2 Å². The van der Waals surface area contributed by atoms with Gasteiger partial charge >= 0.3 is 0 Å². The van der Waals surface area contributed by atoms with Crippen LogP contribution in [0, 0.1) is 6.92 Å². The van der Waals surface area contributed by atoms with E-state index < -0.39 is 0 Å². The van der Waals surface area contributed by atoms with Crippen LogP contribution in [0.4, 0.5) is 0 Å². The highest BCUT2D eigenvalue weighted by molar-refractivity contribution is 5.85. The topological polar surface area (TPSA) is 63.5 Å². The molecule has 1 fully saturated rings. The molecule has 3 rings (SSSR count). The first kappa shape index (κ1) is 16.8. The summed E-state index contributed by atoms with van der Waals surface area (Å²) in [6.07, 6.45) is 0.430. The number of hydrogen-bond acceptors (Lipinski definition) is 4. The predicted octanol–water partition coefficient (Wildman–Crippen LogP) is 2.16. The number of ether oxygens (including phenoxy) is 1. The van der Waals surface area contributed by atoms with E-state index in [0.717, 1.165) is 35.4 Å². The fourth-order valence-electron chi connectivity index (χ4n) is 2.62. The third-order valence-corrected chi connectivity index (χ3v) is 3.82. The number of halogens is 1. The molecule has 2 heterocycles. The summed E-state index contributed by atoms with van der Waals surface area (Å²) in [7, 11) is 0. The number of benzene rings is 1. The summed E-state index contributed by atoms with van der Waals surface area (Å²) in [4.78, 5) is 12.0. The lowest BCUT2D eigenvalue weighted by atomic mass is 10.1. The lowest BCUT2D eigenvalue weighted by Crippen LogP contribution is -2.44.